The van der Waals surface area contributed by atoms with Crippen molar-refractivity contribution in [1.82, 2.24) is 4.57 Å². The van der Waals surface area contributed by atoms with E-state index < -0.39 is 0 Å². The highest BCUT2D eigenvalue weighted by molar-refractivity contribution is 9.09. The van der Waals surface area contributed by atoms with Gasteiger partial charge in [-0.25, -0.2) is 0 Å². The van der Waals surface area contributed by atoms with Crippen molar-refractivity contribution in [3.8, 4) is 11.4 Å². The molecule has 1 aromatic heterocycles. The van der Waals surface area contributed by atoms with Crippen molar-refractivity contribution >= 4 is 26.8 Å². The third kappa shape index (κ3) is 3.04. The fraction of sp³-hybridized carbons (Fsp3) is 0.211. The van der Waals surface area contributed by atoms with Crippen LogP contribution in [0.1, 0.15) is 18.4 Å². The quantitative estimate of drug-likeness (QED) is 0.532. The minimum atomic E-state index is -0.137. The molecule has 0 saturated heterocycles. The van der Waals surface area contributed by atoms with Crippen molar-refractivity contribution < 1.29 is 5.11 Å². The first-order valence-corrected chi connectivity index (χ1v) is 8.83. The summed E-state index contributed by atoms with van der Waals surface area (Å²) in [5.41, 5.74) is 1.90. The summed E-state index contributed by atoms with van der Waals surface area (Å²) in [7, 11) is 0. The van der Waals surface area contributed by atoms with Crippen LogP contribution >= 0.6 is 15.9 Å². The number of hydrogen-bond acceptors (Lipinski definition) is 2. The molecule has 118 valence electrons. The van der Waals surface area contributed by atoms with Gasteiger partial charge in [-0.15, -0.1) is 0 Å². The molecule has 0 fully saturated rings. The maximum atomic E-state index is 13.0. The van der Waals surface area contributed by atoms with E-state index in [1.807, 2.05) is 54.6 Å². The van der Waals surface area contributed by atoms with Crippen molar-refractivity contribution in [1.29, 1.82) is 0 Å². The molecule has 0 unspecified atom stereocenters. The predicted molar refractivity (Wildman–Crippen MR) is 97.9 cm³/mol. The van der Waals surface area contributed by atoms with Crippen LogP contribution in [0.25, 0.3) is 16.6 Å². The van der Waals surface area contributed by atoms with E-state index in [2.05, 4.69) is 15.9 Å². The molecule has 0 aliphatic carbocycles. The zero-order valence-electron chi connectivity index (χ0n) is 12.7. The standard InChI is InChI=1S/C19H18BrNO2/c20-13-7-6-11-16-18(22)15-10-4-5-12-17(15)21(19(16)23)14-8-2-1-3-9-14/h1-5,8-10,12,22H,6-7,11,13H2. The van der Waals surface area contributed by atoms with Crippen LogP contribution in [0.3, 0.4) is 0 Å². The monoisotopic (exact) mass is 371 g/mol. The van der Waals surface area contributed by atoms with Crippen LogP contribution in [0.2, 0.25) is 0 Å². The van der Waals surface area contributed by atoms with Gasteiger partial charge in [0, 0.05) is 16.4 Å². The number of nitrogens with zero attached hydrogens (tertiary/aromatic N) is 1. The molecule has 0 saturated carbocycles. The summed E-state index contributed by atoms with van der Waals surface area (Å²) in [4.78, 5) is 13.0. The van der Waals surface area contributed by atoms with E-state index in [-0.39, 0.29) is 11.3 Å². The lowest BCUT2D eigenvalue weighted by atomic mass is 10.0. The predicted octanol–water partition coefficient (Wildman–Crippen LogP) is 4.41. The molecule has 1 heterocycles. The maximum absolute atomic E-state index is 13.0. The molecular formula is C19H18BrNO2. The van der Waals surface area contributed by atoms with Gasteiger partial charge in [-0.2, -0.15) is 0 Å². The van der Waals surface area contributed by atoms with Gasteiger partial charge in [0.1, 0.15) is 5.75 Å². The summed E-state index contributed by atoms with van der Waals surface area (Å²) in [6.45, 7) is 0. The van der Waals surface area contributed by atoms with Gasteiger partial charge in [0.05, 0.1) is 11.1 Å². The largest absolute Gasteiger partial charge is 0.507 e. The van der Waals surface area contributed by atoms with E-state index in [1.165, 1.54) is 0 Å². The van der Waals surface area contributed by atoms with Crippen LogP contribution < -0.4 is 5.56 Å². The number of halogens is 1. The molecule has 2 aromatic carbocycles. The van der Waals surface area contributed by atoms with E-state index >= 15 is 0 Å². The van der Waals surface area contributed by atoms with Gasteiger partial charge in [-0.3, -0.25) is 9.36 Å². The Hall–Kier alpha value is -2.07. The van der Waals surface area contributed by atoms with E-state index in [1.54, 1.807) is 4.57 Å². The number of unbranched alkanes of at least 4 members (excludes halogenated alkanes) is 1. The van der Waals surface area contributed by atoms with Crippen LogP contribution in [0.15, 0.2) is 59.4 Å². The van der Waals surface area contributed by atoms with Gasteiger partial charge >= 0.3 is 0 Å². The first kappa shape index (κ1) is 15.8. The smallest absolute Gasteiger partial charge is 0.262 e. The topological polar surface area (TPSA) is 42.2 Å². The zero-order chi connectivity index (χ0) is 16.2. The number of benzene rings is 2. The number of fused-ring (bicyclic) bond motifs is 1. The lowest BCUT2D eigenvalue weighted by Gasteiger charge is -2.15. The molecule has 3 aromatic rings. The third-order valence-corrected chi connectivity index (χ3v) is 4.53. The molecule has 23 heavy (non-hydrogen) atoms. The highest BCUT2D eigenvalue weighted by Crippen LogP contribution is 2.28. The molecule has 0 aliphatic heterocycles. The van der Waals surface area contributed by atoms with Crippen molar-refractivity contribution in [3.63, 3.8) is 0 Å². The highest BCUT2D eigenvalue weighted by Gasteiger charge is 2.16. The lowest BCUT2D eigenvalue weighted by Crippen LogP contribution is -2.23. The van der Waals surface area contributed by atoms with Crippen LogP contribution in [-0.2, 0) is 6.42 Å². The number of aromatic hydroxyl groups is 1. The van der Waals surface area contributed by atoms with Crippen molar-refractivity contribution in [2.45, 2.75) is 19.3 Å². The van der Waals surface area contributed by atoms with Gasteiger partial charge in [0.25, 0.3) is 5.56 Å². The Kier molecular flexibility index (Phi) is 4.82. The maximum Gasteiger partial charge on any atom is 0.262 e. The summed E-state index contributed by atoms with van der Waals surface area (Å²) in [5, 5.41) is 12.2. The van der Waals surface area contributed by atoms with Crippen LogP contribution in [0, 0.1) is 0 Å². The minimum Gasteiger partial charge on any atom is -0.507 e. The molecule has 3 rings (SSSR count). The molecule has 0 atom stereocenters. The molecule has 1 N–H and O–H groups in total. The SMILES string of the molecule is O=c1c(CCCCBr)c(O)c2ccccc2n1-c1ccccc1. The second-order valence-corrected chi connectivity index (χ2v) is 6.26. The third-order valence-electron chi connectivity index (χ3n) is 3.97. The fourth-order valence-electron chi connectivity index (χ4n) is 2.83. The summed E-state index contributed by atoms with van der Waals surface area (Å²) < 4.78 is 1.69. The van der Waals surface area contributed by atoms with Crippen LogP contribution in [-0.4, -0.2) is 15.0 Å². The Morgan fingerprint density at radius 2 is 1.65 bits per heavy atom. The first-order valence-electron chi connectivity index (χ1n) is 7.71. The van der Waals surface area contributed by atoms with Crippen molar-refractivity contribution in [2.24, 2.45) is 0 Å². The molecule has 4 heteroatoms. The Labute approximate surface area is 143 Å². The number of para-hydroxylation sites is 2. The van der Waals surface area contributed by atoms with Gasteiger partial charge in [-0.05, 0) is 43.5 Å². The van der Waals surface area contributed by atoms with Crippen molar-refractivity contribution in [2.75, 3.05) is 5.33 Å². The summed E-state index contributed by atoms with van der Waals surface area (Å²) >= 11 is 3.41. The van der Waals surface area contributed by atoms with Gasteiger partial charge in [-0.1, -0.05) is 46.3 Å². The Bertz CT molecular complexity index is 872. The van der Waals surface area contributed by atoms with E-state index in [0.29, 0.717) is 17.4 Å². The second-order valence-electron chi connectivity index (χ2n) is 5.47. The molecule has 3 nitrogen and oxygen atoms in total. The number of hydrogen-bond donors (Lipinski definition) is 1. The average Bonchev–Trinajstić information content (AvgIpc) is 2.59. The minimum absolute atomic E-state index is 0.118. The van der Waals surface area contributed by atoms with E-state index in [0.717, 1.165) is 29.4 Å². The average molecular weight is 372 g/mol. The lowest BCUT2D eigenvalue weighted by molar-refractivity contribution is 0.471. The highest BCUT2D eigenvalue weighted by atomic mass is 79.9. The molecule has 0 amide bonds. The number of pyridine rings is 1. The van der Waals surface area contributed by atoms with Crippen LogP contribution in [0.5, 0.6) is 5.75 Å². The molecule has 0 bridgehead atoms. The summed E-state index contributed by atoms with van der Waals surface area (Å²) in [6, 6.07) is 17.1. The Morgan fingerprint density at radius 3 is 2.39 bits per heavy atom. The molecular weight excluding hydrogens is 354 g/mol. The molecule has 0 aliphatic rings. The molecule has 0 radical (unpaired) electrons. The first-order chi connectivity index (χ1) is 11.2. The Morgan fingerprint density at radius 1 is 0.957 bits per heavy atom. The number of aromatic nitrogens is 1. The van der Waals surface area contributed by atoms with E-state index in [9.17, 15) is 9.90 Å². The van der Waals surface area contributed by atoms with Gasteiger partial charge < -0.3 is 5.11 Å². The zero-order valence-corrected chi connectivity index (χ0v) is 14.3. The number of alkyl halides is 1. The summed E-state index contributed by atoms with van der Waals surface area (Å²) in [5.74, 6) is 0.118. The fourth-order valence-corrected chi connectivity index (χ4v) is 3.23. The van der Waals surface area contributed by atoms with Gasteiger partial charge in [0.15, 0.2) is 0 Å². The normalized spacial score (nSPS) is 11.0. The second kappa shape index (κ2) is 7.01. The Balaban J connectivity index is 2.27. The molecule has 0 spiro atoms. The van der Waals surface area contributed by atoms with Crippen molar-refractivity contribution in [3.05, 3.63) is 70.5 Å². The van der Waals surface area contributed by atoms with Gasteiger partial charge in [0.2, 0.25) is 0 Å². The number of rotatable bonds is 5. The van der Waals surface area contributed by atoms with E-state index in [4.69, 9.17) is 0 Å². The summed E-state index contributed by atoms with van der Waals surface area (Å²) in [6.07, 6.45) is 2.41. The van der Waals surface area contributed by atoms with Crippen LogP contribution in [0.4, 0.5) is 0 Å².